The summed E-state index contributed by atoms with van der Waals surface area (Å²) in [6.45, 7) is 0. The van der Waals surface area contributed by atoms with Crippen molar-refractivity contribution in [2.75, 3.05) is 4.90 Å². The molecule has 0 unspecified atom stereocenters. The van der Waals surface area contributed by atoms with Gasteiger partial charge >= 0.3 is 0 Å². The maximum Gasteiger partial charge on any atom is 0.0626 e. The normalized spacial score (nSPS) is 11.8. The van der Waals surface area contributed by atoms with Crippen molar-refractivity contribution in [2.24, 2.45) is 0 Å². The molecule has 1 heterocycles. The Morgan fingerprint density at radius 1 is 0.354 bits per heavy atom. The molecule has 9 aromatic carbocycles. The Hall–Kier alpha value is -6.38. The van der Waals surface area contributed by atoms with Gasteiger partial charge < -0.3 is 9.47 Å². The molecule has 2 nitrogen and oxygen atoms in total. The number of fused-ring (bicyclic) bond motifs is 5. The quantitative estimate of drug-likeness (QED) is 0.176. The molecule has 0 aliphatic heterocycles. The van der Waals surface area contributed by atoms with Gasteiger partial charge in [0.2, 0.25) is 0 Å². The summed E-state index contributed by atoms with van der Waals surface area (Å²) in [5, 5.41) is 10.4. The standard InChI is InChI=1S/C46H30N2/c1-4-14-35(15-5-1)47(36-16-6-2-7-17-36)38-27-25-31(26-28-38)34-29-33-24-23-32-13-12-21-40-43(32)44(33)41(30-34)46-45(40)39-20-10-11-22-42(39)48(46)37-18-8-3-9-19-37/h1-30H. The van der Waals surface area contributed by atoms with Gasteiger partial charge in [-0.15, -0.1) is 0 Å². The first-order valence-corrected chi connectivity index (χ1v) is 16.5. The summed E-state index contributed by atoms with van der Waals surface area (Å²) < 4.78 is 2.47. The van der Waals surface area contributed by atoms with Crippen LogP contribution in [0.5, 0.6) is 0 Å². The van der Waals surface area contributed by atoms with Gasteiger partial charge in [0.25, 0.3) is 0 Å². The molecule has 0 spiro atoms. The number of anilines is 3. The second-order valence-electron chi connectivity index (χ2n) is 12.6. The molecular formula is C46H30N2. The van der Waals surface area contributed by atoms with E-state index in [1.165, 1.54) is 70.9 Å². The lowest BCUT2D eigenvalue weighted by Crippen LogP contribution is -2.09. The first-order chi connectivity index (χ1) is 23.8. The maximum atomic E-state index is 2.47. The number of nitrogens with zero attached hydrogens (tertiary/aromatic N) is 2. The number of benzene rings is 9. The highest BCUT2D eigenvalue weighted by atomic mass is 15.1. The number of hydrogen-bond acceptors (Lipinski definition) is 1. The second-order valence-corrected chi connectivity index (χ2v) is 12.6. The van der Waals surface area contributed by atoms with Crippen LogP contribution in [0.4, 0.5) is 17.1 Å². The van der Waals surface area contributed by atoms with E-state index in [-0.39, 0.29) is 0 Å². The summed E-state index contributed by atoms with van der Waals surface area (Å²) in [5.41, 5.74) is 9.46. The van der Waals surface area contributed by atoms with Crippen molar-refractivity contribution in [1.29, 1.82) is 0 Å². The molecule has 0 saturated heterocycles. The molecule has 2 heteroatoms. The van der Waals surface area contributed by atoms with Gasteiger partial charge in [-0.25, -0.2) is 0 Å². The van der Waals surface area contributed by atoms with Gasteiger partial charge in [-0.05, 0) is 105 Å². The van der Waals surface area contributed by atoms with Gasteiger partial charge in [-0.2, -0.15) is 0 Å². The molecule has 1 aromatic heterocycles. The number of rotatable bonds is 5. The average molecular weight is 611 g/mol. The smallest absolute Gasteiger partial charge is 0.0626 e. The maximum absolute atomic E-state index is 2.47. The zero-order chi connectivity index (χ0) is 31.6. The van der Waals surface area contributed by atoms with Gasteiger partial charge in [0.1, 0.15) is 0 Å². The predicted molar refractivity (Wildman–Crippen MR) is 205 cm³/mol. The molecule has 0 radical (unpaired) electrons. The minimum absolute atomic E-state index is 1.13. The summed E-state index contributed by atoms with van der Waals surface area (Å²) >= 11 is 0. The monoisotopic (exact) mass is 610 g/mol. The van der Waals surface area contributed by atoms with Gasteiger partial charge in [-0.3, -0.25) is 0 Å². The first-order valence-electron chi connectivity index (χ1n) is 16.5. The number of aromatic nitrogens is 1. The average Bonchev–Trinajstić information content (AvgIpc) is 3.51. The van der Waals surface area contributed by atoms with Crippen molar-refractivity contribution < 1.29 is 0 Å². The van der Waals surface area contributed by atoms with Crippen LogP contribution in [-0.2, 0) is 0 Å². The topological polar surface area (TPSA) is 8.17 Å². The van der Waals surface area contributed by atoms with E-state index >= 15 is 0 Å². The van der Waals surface area contributed by atoms with Gasteiger partial charge in [-0.1, -0.05) is 115 Å². The van der Waals surface area contributed by atoms with E-state index < -0.39 is 0 Å². The van der Waals surface area contributed by atoms with E-state index in [2.05, 4.69) is 191 Å². The van der Waals surface area contributed by atoms with Crippen LogP contribution in [-0.4, -0.2) is 4.57 Å². The fourth-order valence-corrected chi connectivity index (χ4v) is 7.82. The largest absolute Gasteiger partial charge is 0.311 e. The van der Waals surface area contributed by atoms with Gasteiger partial charge in [0, 0.05) is 38.9 Å². The number of para-hydroxylation sites is 4. The zero-order valence-corrected chi connectivity index (χ0v) is 26.2. The van der Waals surface area contributed by atoms with Crippen LogP contribution in [0.2, 0.25) is 0 Å². The molecule has 224 valence electrons. The fourth-order valence-electron chi connectivity index (χ4n) is 7.82. The van der Waals surface area contributed by atoms with Crippen LogP contribution >= 0.6 is 0 Å². The zero-order valence-electron chi connectivity index (χ0n) is 26.2. The lowest BCUT2D eigenvalue weighted by molar-refractivity contribution is 1.19. The van der Waals surface area contributed by atoms with Crippen molar-refractivity contribution in [2.45, 2.75) is 0 Å². The Labute approximate surface area is 278 Å². The van der Waals surface area contributed by atoms with Gasteiger partial charge in [0.15, 0.2) is 0 Å². The third-order valence-corrected chi connectivity index (χ3v) is 9.86. The van der Waals surface area contributed by atoms with Crippen molar-refractivity contribution in [3.05, 3.63) is 182 Å². The molecule has 0 atom stereocenters. The fraction of sp³-hybridized carbons (Fsp3) is 0. The molecule has 0 fully saturated rings. The summed E-state index contributed by atoms with van der Waals surface area (Å²) in [6, 6.07) is 66.0. The molecule has 10 aromatic rings. The Morgan fingerprint density at radius 3 is 1.67 bits per heavy atom. The molecule has 0 aliphatic carbocycles. The molecule has 10 rings (SSSR count). The molecule has 0 N–H and O–H groups in total. The van der Waals surface area contributed by atoms with Crippen LogP contribution in [0.1, 0.15) is 0 Å². The summed E-state index contributed by atoms with van der Waals surface area (Å²) in [6.07, 6.45) is 0. The molecule has 0 bridgehead atoms. The van der Waals surface area contributed by atoms with Crippen molar-refractivity contribution >= 4 is 71.2 Å². The van der Waals surface area contributed by atoms with Crippen molar-refractivity contribution in [3.63, 3.8) is 0 Å². The highest BCUT2D eigenvalue weighted by Gasteiger charge is 2.21. The highest BCUT2D eigenvalue weighted by molar-refractivity contribution is 6.38. The van der Waals surface area contributed by atoms with Crippen molar-refractivity contribution in [3.8, 4) is 16.8 Å². The van der Waals surface area contributed by atoms with E-state index in [0.717, 1.165) is 17.1 Å². The van der Waals surface area contributed by atoms with E-state index in [9.17, 15) is 0 Å². The van der Waals surface area contributed by atoms with Crippen molar-refractivity contribution in [1.82, 2.24) is 4.57 Å². The minimum Gasteiger partial charge on any atom is -0.311 e. The molecule has 0 aliphatic rings. The third kappa shape index (κ3) is 4.00. The summed E-state index contributed by atoms with van der Waals surface area (Å²) in [4.78, 5) is 2.31. The molecule has 48 heavy (non-hydrogen) atoms. The van der Waals surface area contributed by atoms with E-state index in [0.29, 0.717) is 0 Å². The Morgan fingerprint density at radius 2 is 0.938 bits per heavy atom. The molecule has 0 saturated carbocycles. The van der Waals surface area contributed by atoms with Crippen LogP contribution in [0.3, 0.4) is 0 Å². The van der Waals surface area contributed by atoms with E-state index in [1.54, 1.807) is 0 Å². The summed E-state index contributed by atoms with van der Waals surface area (Å²) in [7, 11) is 0. The number of hydrogen-bond donors (Lipinski definition) is 0. The lowest BCUT2D eigenvalue weighted by atomic mass is 9.89. The molecule has 0 amide bonds. The van der Waals surface area contributed by atoms with Gasteiger partial charge in [0.05, 0.1) is 11.0 Å². The van der Waals surface area contributed by atoms with Crippen LogP contribution in [0.25, 0.3) is 70.9 Å². The predicted octanol–water partition coefficient (Wildman–Crippen LogP) is 12.8. The third-order valence-electron chi connectivity index (χ3n) is 9.86. The molecular weight excluding hydrogens is 581 g/mol. The van der Waals surface area contributed by atoms with Crippen LogP contribution < -0.4 is 4.90 Å². The minimum atomic E-state index is 1.13. The Bertz CT molecular complexity index is 2700. The van der Waals surface area contributed by atoms with E-state index in [1.807, 2.05) is 0 Å². The summed E-state index contributed by atoms with van der Waals surface area (Å²) in [5.74, 6) is 0. The van der Waals surface area contributed by atoms with Crippen LogP contribution in [0, 0.1) is 0 Å². The second kappa shape index (κ2) is 10.6. The lowest BCUT2D eigenvalue weighted by Gasteiger charge is -2.25. The van der Waals surface area contributed by atoms with E-state index in [4.69, 9.17) is 0 Å². The Balaban J connectivity index is 1.25. The Kier molecular flexibility index (Phi) is 5.91. The highest BCUT2D eigenvalue weighted by Crippen LogP contribution is 2.47. The first kappa shape index (κ1) is 26.8. The SMILES string of the molecule is c1ccc(N(c2ccccc2)c2ccc(-c3cc4ccc5cccc6c5c4c(c3)c3c6c4ccccc4n3-c3ccccc3)cc2)cc1. The van der Waals surface area contributed by atoms with Crippen LogP contribution in [0.15, 0.2) is 182 Å².